The fourth-order valence-corrected chi connectivity index (χ4v) is 2.79. The molecule has 1 aromatic rings. The summed E-state index contributed by atoms with van der Waals surface area (Å²) in [4.78, 5) is 13.1. The number of carbonyl (C=O) groups excluding carboxylic acids is 1. The SMILES string of the molecule is O=C1CC(CS(=O)(=O)F)CN1Cc1ccoc1. The van der Waals surface area contributed by atoms with Crippen LogP contribution in [-0.4, -0.2) is 31.5 Å². The maximum atomic E-state index is 12.5. The lowest BCUT2D eigenvalue weighted by atomic mass is 10.1. The fourth-order valence-electron chi connectivity index (χ4n) is 2.00. The van der Waals surface area contributed by atoms with Crippen LogP contribution < -0.4 is 0 Å². The van der Waals surface area contributed by atoms with Crippen LogP contribution in [0.4, 0.5) is 3.89 Å². The van der Waals surface area contributed by atoms with Crippen molar-refractivity contribution in [3.63, 3.8) is 0 Å². The fraction of sp³-hybridized carbons (Fsp3) is 0.500. The van der Waals surface area contributed by atoms with Gasteiger partial charge < -0.3 is 9.32 Å². The number of furan rings is 1. The van der Waals surface area contributed by atoms with Crippen LogP contribution in [-0.2, 0) is 21.6 Å². The van der Waals surface area contributed by atoms with Crippen molar-refractivity contribution < 1.29 is 21.5 Å². The number of halogens is 1. The molecular formula is C10H12FNO4S. The van der Waals surface area contributed by atoms with Crippen LogP contribution in [0.1, 0.15) is 12.0 Å². The molecule has 1 fully saturated rings. The van der Waals surface area contributed by atoms with Crippen LogP contribution >= 0.6 is 0 Å². The van der Waals surface area contributed by atoms with Gasteiger partial charge in [0.15, 0.2) is 0 Å². The molecule has 0 saturated carbocycles. The first-order valence-corrected chi connectivity index (χ1v) is 6.70. The molecule has 2 rings (SSSR count). The standard InChI is InChI=1S/C10H12FNO4S/c11-17(14,15)7-9-3-10(13)12(5-9)4-8-1-2-16-6-8/h1-2,6,9H,3-5,7H2. The van der Waals surface area contributed by atoms with E-state index in [1.54, 1.807) is 6.07 Å². The molecule has 0 N–H and O–H groups in total. The number of likely N-dealkylation sites (tertiary alicyclic amines) is 1. The van der Waals surface area contributed by atoms with Crippen LogP contribution in [0, 0.1) is 5.92 Å². The zero-order chi connectivity index (χ0) is 12.5. The van der Waals surface area contributed by atoms with E-state index in [0.29, 0.717) is 6.54 Å². The summed E-state index contributed by atoms with van der Waals surface area (Å²) in [7, 11) is -4.51. The van der Waals surface area contributed by atoms with E-state index in [0.717, 1.165) is 5.56 Å². The first-order valence-electron chi connectivity index (χ1n) is 5.15. The number of carbonyl (C=O) groups is 1. The van der Waals surface area contributed by atoms with Crippen molar-refractivity contribution in [1.29, 1.82) is 0 Å². The Kier molecular flexibility index (Phi) is 3.19. The van der Waals surface area contributed by atoms with Gasteiger partial charge >= 0.3 is 10.2 Å². The average Bonchev–Trinajstić information content (AvgIpc) is 2.75. The van der Waals surface area contributed by atoms with Crippen LogP contribution in [0.25, 0.3) is 0 Å². The molecule has 94 valence electrons. The summed E-state index contributed by atoms with van der Waals surface area (Å²) in [5.41, 5.74) is 0.835. The lowest BCUT2D eigenvalue weighted by Crippen LogP contribution is -2.25. The summed E-state index contributed by atoms with van der Waals surface area (Å²) >= 11 is 0. The van der Waals surface area contributed by atoms with Crippen molar-refractivity contribution in [3.8, 4) is 0 Å². The molecule has 0 radical (unpaired) electrons. The molecule has 1 saturated heterocycles. The Hall–Kier alpha value is -1.37. The number of rotatable bonds is 4. The Morgan fingerprint density at radius 2 is 2.29 bits per heavy atom. The lowest BCUT2D eigenvalue weighted by molar-refractivity contribution is -0.128. The van der Waals surface area contributed by atoms with E-state index in [4.69, 9.17) is 4.42 Å². The van der Waals surface area contributed by atoms with Gasteiger partial charge in [-0.2, -0.15) is 8.42 Å². The number of nitrogens with zero attached hydrogens (tertiary/aromatic N) is 1. The van der Waals surface area contributed by atoms with Crippen LogP contribution in [0.5, 0.6) is 0 Å². The van der Waals surface area contributed by atoms with E-state index in [1.807, 2.05) is 0 Å². The minimum Gasteiger partial charge on any atom is -0.472 e. The molecule has 0 bridgehead atoms. The Morgan fingerprint density at radius 1 is 1.53 bits per heavy atom. The lowest BCUT2D eigenvalue weighted by Gasteiger charge is -2.14. The third-order valence-electron chi connectivity index (χ3n) is 2.68. The monoisotopic (exact) mass is 261 g/mol. The molecule has 0 aromatic carbocycles. The maximum Gasteiger partial charge on any atom is 0.302 e. The molecule has 1 aromatic heterocycles. The topological polar surface area (TPSA) is 67.6 Å². The van der Waals surface area contributed by atoms with Crippen LogP contribution in [0.15, 0.2) is 23.0 Å². The molecule has 7 heteroatoms. The smallest absolute Gasteiger partial charge is 0.302 e. The van der Waals surface area contributed by atoms with Crippen molar-refractivity contribution in [2.45, 2.75) is 13.0 Å². The van der Waals surface area contributed by atoms with Gasteiger partial charge in [0.1, 0.15) is 0 Å². The van der Waals surface area contributed by atoms with Crippen molar-refractivity contribution in [3.05, 3.63) is 24.2 Å². The van der Waals surface area contributed by atoms with Gasteiger partial charge in [-0.15, -0.1) is 3.89 Å². The second-order valence-electron chi connectivity index (χ2n) is 4.18. The van der Waals surface area contributed by atoms with E-state index in [9.17, 15) is 17.1 Å². The zero-order valence-electron chi connectivity index (χ0n) is 9.00. The quantitative estimate of drug-likeness (QED) is 0.756. The summed E-state index contributed by atoms with van der Waals surface area (Å²) < 4.78 is 38.4. The Balaban J connectivity index is 1.96. The molecule has 17 heavy (non-hydrogen) atoms. The van der Waals surface area contributed by atoms with E-state index in [2.05, 4.69) is 0 Å². The molecule has 1 unspecified atom stereocenters. The normalized spacial score (nSPS) is 21.1. The highest BCUT2D eigenvalue weighted by molar-refractivity contribution is 7.86. The van der Waals surface area contributed by atoms with Gasteiger partial charge in [-0.05, 0) is 6.07 Å². The molecule has 1 amide bonds. The van der Waals surface area contributed by atoms with E-state index in [1.165, 1.54) is 17.4 Å². The van der Waals surface area contributed by atoms with Crippen molar-refractivity contribution in [2.75, 3.05) is 12.3 Å². The second-order valence-corrected chi connectivity index (χ2v) is 5.59. The van der Waals surface area contributed by atoms with Gasteiger partial charge in [0.25, 0.3) is 0 Å². The van der Waals surface area contributed by atoms with Crippen LogP contribution in [0.2, 0.25) is 0 Å². The first kappa shape index (κ1) is 12.1. The van der Waals surface area contributed by atoms with Gasteiger partial charge in [0, 0.05) is 31.0 Å². The third-order valence-corrected chi connectivity index (χ3v) is 3.55. The predicted octanol–water partition coefficient (Wildman–Crippen LogP) is 0.927. The highest BCUT2D eigenvalue weighted by atomic mass is 32.3. The molecule has 1 atom stereocenters. The Bertz CT molecular complexity index is 496. The van der Waals surface area contributed by atoms with Gasteiger partial charge in [0.05, 0.1) is 18.3 Å². The molecular weight excluding hydrogens is 249 g/mol. The molecule has 1 aliphatic heterocycles. The summed E-state index contributed by atoms with van der Waals surface area (Å²) in [6, 6.07) is 1.73. The average molecular weight is 261 g/mol. The zero-order valence-corrected chi connectivity index (χ0v) is 9.82. The summed E-state index contributed by atoms with van der Waals surface area (Å²) in [5.74, 6) is -1.19. The highest BCUT2D eigenvalue weighted by Gasteiger charge is 2.32. The van der Waals surface area contributed by atoms with E-state index >= 15 is 0 Å². The Labute approximate surface area is 98.4 Å². The van der Waals surface area contributed by atoms with Crippen molar-refractivity contribution in [1.82, 2.24) is 4.90 Å². The van der Waals surface area contributed by atoms with Gasteiger partial charge in [-0.3, -0.25) is 4.79 Å². The summed E-state index contributed by atoms with van der Waals surface area (Å²) in [6.07, 6.45) is 3.10. The molecule has 0 spiro atoms. The minimum atomic E-state index is -4.51. The van der Waals surface area contributed by atoms with E-state index in [-0.39, 0.29) is 18.9 Å². The summed E-state index contributed by atoms with van der Waals surface area (Å²) in [5, 5.41) is 0. The molecule has 1 aliphatic rings. The highest BCUT2D eigenvalue weighted by Crippen LogP contribution is 2.22. The third kappa shape index (κ3) is 3.29. The van der Waals surface area contributed by atoms with Crippen LogP contribution in [0.3, 0.4) is 0 Å². The number of hydrogen-bond acceptors (Lipinski definition) is 4. The minimum absolute atomic E-state index is 0.0843. The Morgan fingerprint density at radius 3 is 2.88 bits per heavy atom. The molecule has 0 aliphatic carbocycles. The van der Waals surface area contributed by atoms with E-state index < -0.39 is 21.9 Å². The number of hydrogen-bond donors (Lipinski definition) is 0. The van der Waals surface area contributed by atoms with Gasteiger partial charge in [-0.25, -0.2) is 0 Å². The predicted molar refractivity (Wildman–Crippen MR) is 57.1 cm³/mol. The molecule has 2 heterocycles. The van der Waals surface area contributed by atoms with Crippen molar-refractivity contribution in [2.24, 2.45) is 5.92 Å². The second kappa shape index (κ2) is 4.48. The molecule has 5 nitrogen and oxygen atoms in total. The largest absolute Gasteiger partial charge is 0.472 e. The number of amides is 1. The van der Waals surface area contributed by atoms with Gasteiger partial charge in [-0.1, -0.05) is 0 Å². The first-order chi connectivity index (χ1) is 7.94. The van der Waals surface area contributed by atoms with Gasteiger partial charge in [0.2, 0.25) is 5.91 Å². The maximum absolute atomic E-state index is 12.5. The van der Waals surface area contributed by atoms with Crippen molar-refractivity contribution >= 4 is 16.1 Å². The summed E-state index contributed by atoms with van der Waals surface area (Å²) in [6.45, 7) is 0.644.